The molecule has 0 heterocycles. The van der Waals surface area contributed by atoms with Crippen LogP contribution in [-0.2, 0) is 6.54 Å². The minimum Gasteiger partial charge on any atom is -0.497 e. The van der Waals surface area contributed by atoms with E-state index in [9.17, 15) is 0 Å². The van der Waals surface area contributed by atoms with Gasteiger partial charge in [0.1, 0.15) is 5.75 Å². The second kappa shape index (κ2) is 5.60. The molecule has 2 nitrogen and oxygen atoms in total. The zero-order valence-corrected chi connectivity index (χ0v) is 8.12. The van der Waals surface area contributed by atoms with Gasteiger partial charge in [-0.05, 0) is 17.7 Å². The normalized spacial score (nSPS) is 12.8. The van der Waals surface area contributed by atoms with E-state index in [0.29, 0.717) is 6.54 Å². The minimum absolute atomic E-state index is 0.567. The van der Waals surface area contributed by atoms with Gasteiger partial charge in [0.25, 0.3) is 0 Å². The van der Waals surface area contributed by atoms with E-state index in [-0.39, 0.29) is 0 Å². The van der Waals surface area contributed by atoms with Crippen molar-refractivity contribution in [2.45, 2.75) is 25.8 Å². The monoisotopic (exact) mass is 179 g/mol. The Morgan fingerprint density at radius 3 is 2.46 bits per heavy atom. The van der Waals surface area contributed by atoms with Gasteiger partial charge in [-0.2, -0.15) is 0 Å². The Morgan fingerprint density at radius 2 is 2.00 bits per heavy atom. The molecule has 0 saturated heterocycles. The first-order valence-electron chi connectivity index (χ1n) is 4.70. The number of benzene rings is 1. The number of methoxy groups -OCH3 is 1. The zero-order chi connectivity index (χ0) is 9.52. The largest absolute Gasteiger partial charge is 0.497 e. The van der Waals surface area contributed by atoms with E-state index in [2.05, 4.69) is 0 Å². The zero-order valence-electron chi connectivity index (χ0n) is 8.12. The lowest BCUT2D eigenvalue weighted by Gasteiger charge is -2.00. The van der Waals surface area contributed by atoms with Crippen LogP contribution in [0.5, 0.6) is 5.75 Å². The van der Waals surface area contributed by atoms with E-state index < -0.39 is 0 Å². The molecule has 0 aliphatic heterocycles. The number of rotatable bonds is 2. The molecule has 0 bridgehead atoms. The highest BCUT2D eigenvalue weighted by Gasteiger charge is 1.95. The Hall–Kier alpha value is -1.02. The van der Waals surface area contributed by atoms with Crippen molar-refractivity contribution in [2.24, 2.45) is 5.73 Å². The molecule has 1 aliphatic carbocycles. The Balaban J connectivity index is 0.000000236. The molecule has 2 N–H and O–H groups in total. The average Bonchev–Trinajstić information content (AvgIpc) is 3.05. The fourth-order valence-electron chi connectivity index (χ4n) is 0.799. The maximum absolute atomic E-state index is 5.42. The highest BCUT2D eigenvalue weighted by atomic mass is 16.5. The Labute approximate surface area is 79.7 Å². The Morgan fingerprint density at radius 1 is 1.31 bits per heavy atom. The summed E-state index contributed by atoms with van der Waals surface area (Å²) in [4.78, 5) is 0. The van der Waals surface area contributed by atoms with E-state index in [1.165, 1.54) is 19.3 Å². The molecular weight excluding hydrogens is 162 g/mol. The summed E-state index contributed by atoms with van der Waals surface area (Å²) >= 11 is 0. The molecule has 1 aromatic rings. The molecule has 1 aromatic carbocycles. The van der Waals surface area contributed by atoms with Crippen LogP contribution in [0, 0.1) is 0 Å². The lowest BCUT2D eigenvalue weighted by molar-refractivity contribution is 0.414. The summed E-state index contributed by atoms with van der Waals surface area (Å²) in [6.45, 7) is 0.567. The second-order valence-electron chi connectivity index (χ2n) is 3.12. The van der Waals surface area contributed by atoms with Crippen LogP contribution in [0.1, 0.15) is 24.8 Å². The van der Waals surface area contributed by atoms with Crippen molar-refractivity contribution >= 4 is 0 Å². The van der Waals surface area contributed by atoms with Gasteiger partial charge in [-0.1, -0.05) is 31.4 Å². The van der Waals surface area contributed by atoms with Crippen molar-refractivity contribution in [1.29, 1.82) is 0 Å². The molecule has 2 rings (SSSR count). The minimum atomic E-state index is 0.567. The van der Waals surface area contributed by atoms with Crippen molar-refractivity contribution < 1.29 is 4.74 Å². The van der Waals surface area contributed by atoms with Crippen molar-refractivity contribution in [3.63, 3.8) is 0 Å². The van der Waals surface area contributed by atoms with Gasteiger partial charge in [-0.3, -0.25) is 0 Å². The second-order valence-corrected chi connectivity index (χ2v) is 3.12. The maximum atomic E-state index is 5.42. The molecule has 0 aromatic heterocycles. The third-order valence-electron chi connectivity index (χ3n) is 1.72. The third-order valence-corrected chi connectivity index (χ3v) is 1.72. The van der Waals surface area contributed by atoms with Crippen LogP contribution < -0.4 is 10.5 Å². The SMILES string of the molecule is C1CC1.COc1cccc(CN)c1. The smallest absolute Gasteiger partial charge is 0.119 e. The van der Waals surface area contributed by atoms with E-state index >= 15 is 0 Å². The summed E-state index contributed by atoms with van der Waals surface area (Å²) in [5, 5.41) is 0. The molecule has 0 atom stereocenters. The summed E-state index contributed by atoms with van der Waals surface area (Å²) in [5.41, 5.74) is 6.51. The first kappa shape index (κ1) is 10.1. The van der Waals surface area contributed by atoms with Gasteiger partial charge in [0.2, 0.25) is 0 Å². The van der Waals surface area contributed by atoms with Crippen LogP contribution in [0.15, 0.2) is 24.3 Å². The summed E-state index contributed by atoms with van der Waals surface area (Å²) in [6.07, 6.45) is 4.50. The van der Waals surface area contributed by atoms with Crippen molar-refractivity contribution in [3.05, 3.63) is 29.8 Å². The van der Waals surface area contributed by atoms with Gasteiger partial charge in [0.05, 0.1) is 7.11 Å². The fraction of sp³-hybridized carbons (Fsp3) is 0.455. The van der Waals surface area contributed by atoms with Crippen LogP contribution in [-0.4, -0.2) is 7.11 Å². The Bertz CT molecular complexity index is 224. The quantitative estimate of drug-likeness (QED) is 0.756. The predicted molar refractivity (Wildman–Crippen MR) is 54.7 cm³/mol. The molecule has 1 aliphatic rings. The third kappa shape index (κ3) is 4.53. The molecular formula is C11H17NO. The first-order valence-corrected chi connectivity index (χ1v) is 4.70. The van der Waals surface area contributed by atoms with Gasteiger partial charge in [-0.15, -0.1) is 0 Å². The maximum Gasteiger partial charge on any atom is 0.119 e. The number of nitrogens with two attached hydrogens (primary N) is 1. The number of hydrogen-bond acceptors (Lipinski definition) is 2. The molecule has 1 saturated carbocycles. The number of hydrogen-bond donors (Lipinski definition) is 1. The Kier molecular flexibility index (Phi) is 4.33. The first-order chi connectivity index (χ1) is 6.36. The predicted octanol–water partition coefficient (Wildman–Crippen LogP) is 2.32. The molecule has 72 valence electrons. The molecule has 0 amide bonds. The van der Waals surface area contributed by atoms with Crippen LogP contribution in [0.3, 0.4) is 0 Å². The molecule has 13 heavy (non-hydrogen) atoms. The molecule has 0 spiro atoms. The summed E-state index contributed by atoms with van der Waals surface area (Å²) in [6, 6.07) is 7.74. The van der Waals surface area contributed by atoms with E-state index in [1.807, 2.05) is 24.3 Å². The van der Waals surface area contributed by atoms with Gasteiger partial charge in [0.15, 0.2) is 0 Å². The van der Waals surface area contributed by atoms with Crippen LogP contribution in [0.25, 0.3) is 0 Å². The lowest BCUT2D eigenvalue weighted by Crippen LogP contribution is -1.95. The molecule has 2 heteroatoms. The van der Waals surface area contributed by atoms with Crippen molar-refractivity contribution in [2.75, 3.05) is 7.11 Å². The highest BCUT2D eigenvalue weighted by molar-refractivity contribution is 5.27. The fourth-order valence-corrected chi connectivity index (χ4v) is 0.799. The summed E-state index contributed by atoms with van der Waals surface area (Å²) in [7, 11) is 1.65. The molecule has 0 radical (unpaired) electrons. The average molecular weight is 179 g/mol. The lowest BCUT2D eigenvalue weighted by atomic mass is 10.2. The number of ether oxygens (including phenoxy) is 1. The van der Waals surface area contributed by atoms with Crippen molar-refractivity contribution in [3.8, 4) is 5.75 Å². The van der Waals surface area contributed by atoms with E-state index in [4.69, 9.17) is 10.5 Å². The van der Waals surface area contributed by atoms with Gasteiger partial charge < -0.3 is 10.5 Å². The van der Waals surface area contributed by atoms with Gasteiger partial charge in [0, 0.05) is 6.54 Å². The topological polar surface area (TPSA) is 35.2 Å². The molecule has 0 unspecified atom stereocenters. The summed E-state index contributed by atoms with van der Waals surface area (Å²) in [5.74, 6) is 0.864. The highest BCUT2D eigenvalue weighted by Crippen LogP contribution is 2.14. The van der Waals surface area contributed by atoms with Crippen LogP contribution >= 0.6 is 0 Å². The van der Waals surface area contributed by atoms with Crippen LogP contribution in [0.2, 0.25) is 0 Å². The van der Waals surface area contributed by atoms with Crippen LogP contribution in [0.4, 0.5) is 0 Å². The van der Waals surface area contributed by atoms with E-state index in [1.54, 1.807) is 7.11 Å². The summed E-state index contributed by atoms with van der Waals surface area (Å²) < 4.78 is 5.00. The standard InChI is InChI=1S/C8H11NO.C3H6/c1-10-8-4-2-3-7(5-8)6-9;1-2-3-1/h2-5H,6,9H2,1H3;1-3H2. The van der Waals surface area contributed by atoms with E-state index in [0.717, 1.165) is 11.3 Å². The van der Waals surface area contributed by atoms with Gasteiger partial charge in [-0.25, -0.2) is 0 Å². The molecule has 1 fully saturated rings. The van der Waals surface area contributed by atoms with Crippen molar-refractivity contribution in [1.82, 2.24) is 0 Å². The van der Waals surface area contributed by atoms with Gasteiger partial charge >= 0.3 is 0 Å².